The summed E-state index contributed by atoms with van der Waals surface area (Å²) in [5.41, 5.74) is 10.3. The van der Waals surface area contributed by atoms with E-state index in [0.29, 0.717) is 18.2 Å². The molecule has 0 radical (unpaired) electrons. The van der Waals surface area contributed by atoms with Crippen molar-refractivity contribution >= 4 is 35.6 Å². The summed E-state index contributed by atoms with van der Waals surface area (Å²) < 4.78 is 12.7. The molecule has 0 unspecified atom stereocenters. The predicted octanol–water partition coefficient (Wildman–Crippen LogP) is 3.25. The molecule has 3 rings (SSSR count). The molecule has 1 aliphatic carbocycles. The second-order valence-corrected chi connectivity index (χ2v) is 5.13. The standard InChI is InChI=1S/C16H17FN4.HI/c17-13-5-7-15(19-9-13)10-20-16(18)21-14-6-4-11-2-1-3-12(11)8-14;/h4-9H,1-3,10H2,(H3,18,20,21);1H. The van der Waals surface area contributed by atoms with Crippen LogP contribution in [0, 0.1) is 5.82 Å². The lowest BCUT2D eigenvalue weighted by molar-refractivity contribution is 0.619. The van der Waals surface area contributed by atoms with Crippen molar-refractivity contribution in [2.45, 2.75) is 25.8 Å². The number of nitrogens with zero attached hydrogens (tertiary/aromatic N) is 2. The zero-order valence-corrected chi connectivity index (χ0v) is 14.4. The van der Waals surface area contributed by atoms with Gasteiger partial charge in [-0.25, -0.2) is 9.38 Å². The van der Waals surface area contributed by atoms with Crippen LogP contribution in [-0.2, 0) is 19.4 Å². The summed E-state index contributed by atoms with van der Waals surface area (Å²) in [5, 5.41) is 3.08. The second-order valence-electron chi connectivity index (χ2n) is 5.13. The van der Waals surface area contributed by atoms with Crippen LogP contribution in [0.5, 0.6) is 0 Å². The third-order valence-electron chi connectivity index (χ3n) is 3.57. The Hall–Kier alpha value is -1.70. The number of nitrogens with two attached hydrogens (primary N) is 1. The summed E-state index contributed by atoms with van der Waals surface area (Å²) in [4.78, 5) is 8.15. The lowest BCUT2D eigenvalue weighted by Gasteiger charge is -2.08. The number of halogens is 2. The molecule has 0 saturated carbocycles. The number of fused-ring (bicyclic) bond motifs is 1. The maximum atomic E-state index is 12.7. The number of anilines is 1. The largest absolute Gasteiger partial charge is 0.370 e. The van der Waals surface area contributed by atoms with Gasteiger partial charge in [-0.3, -0.25) is 4.98 Å². The van der Waals surface area contributed by atoms with E-state index in [9.17, 15) is 4.39 Å². The Bertz CT molecular complexity index is 670. The zero-order chi connectivity index (χ0) is 14.7. The van der Waals surface area contributed by atoms with Gasteiger partial charge < -0.3 is 11.1 Å². The van der Waals surface area contributed by atoms with E-state index in [0.717, 1.165) is 18.5 Å². The molecular weight excluding hydrogens is 394 g/mol. The number of aliphatic imine (C=N–C) groups is 1. The lowest BCUT2D eigenvalue weighted by Crippen LogP contribution is -2.22. The van der Waals surface area contributed by atoms with E-state index in [-0.39, 0.29) is 29.8 Å². The fraction of sp³-hybridized carbons (Fsp3) is 0.250. The highest BCUT2D eigenvalue weighted by molar-refractivity contribution is 14.0. The third-order valence-corrected chi connectivity index (χ3v) is 3.57. The summed E-state index contributed by atoms with van der Waals surface area (Å²) in [6, 6.07) is 9.24. The average Bonchev–Trinajstić information content (AvgIpc) is 2.94. The van der Waals surface area contributed by atoms with Gasteiger partial charge in [0.2, 0.25) is 0 Å². The molecule has 1 aromatic carbocycles. The number of rotatable bonds is 3. The predicted molar refractivity (Wildman–Crippen MR) is 97.0 cm³/mol. The summed E-state index contributed by atoms with van der Waals surface area (Å²) in [7, 11) is 0. The first kappa shape index (κ1) is 16.7. The van der Waals surface area contributed by atoms with Crippen molar-refractivity contribution in [2.24, 2.45) is 10.7 Å². The number of benzene rings is 1. The molecule has 0 aliphatic heterocycles. The molecular formula is C16H18FIN4. The lowest BCUT2D eigenvalue weighted by atomic mass is 10.1. The Morgan fingerprint density at radius 2 is 2.05 bits per heavy atom. The number of aryl methyl sites for hydroxylation is 2. The highest BCUT2D eigenvalue weighted by Gasteiger charge is 2.10. The minimum atomic E-state index is -0.355. The first-order valence-corrected chi connectivity index (χ1v) is 7.00. The summed E-state index contributed by atoms with van der Waals surface area (Å²) >= 11 is 0. The SMILES string of the molecule is I.NC(=NCc1ccc(F)cn1)Nc1ccc2c(c1)CCC2. The number of hydrogen-bond donors (Lipinski definition) is 2. The molecule has 0 amide bonds. The average molecular weight is 412 g/mol. The van der Waals surface area contributed by atoms with Crippen LogP contribution >= 0.6 is 24.0 Å². The molecule has 1 aromatic heterocycles. The number of nitrogens with one attached hydrogen (secondary N) is 1. The van der Waals surface area contributed by atoms with Crippen LogP contribution < -0.4 is 11.1 Å². The van der Waals surface area contributed by atoms with Gasteiger partial charge in [-0.2, -0.15) is 0 Å². The Kier molecular flexibility index (Phi) is 5.70. The van der Waals surface area contributed by atoms with Gasteiger partial charge >= 0.3 is 0 Å². The van der Waals surface area contributed by atoms with Crippen molar-refractivity contribution in [1.82, 2.24) is 4.98 Å². The highest BCUT2D eigenvalue weighted by atomic mass is 127. The van der Waals surface area contributed by atoms with Gasteiger partial charge in [0.1, 0.15) is 5.82 Å². The number of pyridine rings is 1. The minimum Gasteiger partial charge on any atom is -0.370 e. The first-order chi connectivity index (χ1) is 10.2. The minimum absolute atomic E-state index is 0. The molecule has 3 N–H and O–H groups in total. The molecule has 116 valence electrons. The molecule has 0 bridgehead atoms. The monoisotopic (exact) mass is 412 g/mol. The van der Waals surface area contributed by atoms with Gasteiger partial charge in [0.05, 0.1) is 18.4 Å². The molecule has 22 heavy (non-hydrogen) atoms. The molecule has 0 atom stereocenters. The van der Waals surface area contributed by atoms with Crippen molar-refractivity contribution in [1.29, 1.82) is 0 Å². The number of guanidine groups is 1. The Morgan fingerprint density at radius 1 is 1.23 bits per heavy atom. The van der Waals surface area contributed by atoms with E-state index in [4.69, 9.17) is 5.73 Å². The Balaban J connectivity index is 0.00000176. The van der Waals surface area contributed by atoms with Gasteiger partial charge in [-0.1, -0.05) is 6.07 Å². The van der Waals surface area contributed by atoms with Crippen molar-refractivity contribution < 1.29 is 4.39 Å². The van der Waals surface area contributed by atoms with Gasteiger partial charge in [0, 0.05) is 5.69 Å². The molecule has 1 heterocycles. The fourth-order valence-electron chi connectivity index (χ4n) is 2.50. The maximum Gasteiger partial charge on any atom is 0.193 e. The van der Waals surface area contributed by atoms with E-state index in [1.807, 2.05) is 6.07 Å². The van der Waals surface area contributed by atoms with Crippen LogP contribution in [0.1, 0.15) is 23.2 Å². The molecule has 1 aliphatic rings. The smallest absolute Gasteiger partial charge is 0.193 e. The molecule has 6 heteroatoms. The second kappa shape index (κ2) is 7.53. The van der Waals surface area contributed by atoms with Crippen LogP contribution in [0.2, 0.25) is 0 Å². The zero-order valence-electron chi connectivity index (χ0n) is 12.1. The van der Waals surface area contributed by atoms with E-state index >= 15 is 0 Å². The summed E-state index contributed by atoms with van der Waals surface area (Å²) in [5.74, 6) is -0.0222. The van der Waals surface area contributed by atoms with Gasteiger partial charge in [0.25, 0.3) is 0 Å². The van der Waals surface area contributed by atoms with Crippen molar-refractivity contribution in [3.05, 3.63) is 59.2 Å². The normalized spacial score (nSPS) is 13.4. The Morgan fingerprint density at radius 3 is 2.82 bits per heavy atom. The molecule has 4 nitrogen and oxygen atoms in total. The van der Waals surface area contributed by atoms with E-state index in [1.54, 1.807) is 6.07 Å². The van der Waals surface area contributed by atoms with Gasteiger partial charge in [0.15, 0.2) is 5.96 Å². The topological polar surface area (TPSA) is 63.3 Å². The molecule has 0 saturated heterocycles. The third kappa shape index (κ3) is 4.16. The maximum absolute atomic E-state index is 12.7. The van der Waals surface area contributed by atoms with E-state index in [2.05, 4.69) is 27.4 Å². The first-order valence-electron chi connectivity index (χ1n) is 7.00. The van der Waals surface area contributed by atoms with Crippen LogP contribution in [0.25, 0.3) is 0 Å². The van der Waals surface area contributed by atoms with Crippen LogP contribution in [0.4, 0.5) is 10.1 Å². The van der Waals surface area contributed by atoms with E-state index < -0.39 is 0 Å². The van der Waals surface area contributed by atoms with Crippen LogP contribution in [0.3, 0.4) is 0 Å². The molecule has 0 spiro atoms. The molecule has 2 aromatic rings. The fourth-order valence-corrected chi connectivity index (χ4v) is 2.50. The van der Waals surface area contributed by atoms with Crippen molar-refractivity contribution in [3.8, 4) is 0 Å². The Labute approximate surface area is 146 Å². The van der Waals surface area contributed by atoms with Crippen LogP contribution in [0.15, 0.2) is 41.5 Å². The summed E-state index contributed by atoms with van der Waals surface area (Å²) in [6.07, 6.45) is 4.68. The van der Waals surface area contributed by atoms with Gasteiger partial charge in [-0.15, -0.1) is 24.0 Å². The summed E-state index contributed by atoms with van der Waals surface area (Å²) in [6.45, 7) is 0.323. The highest BCUT2D eigenvalue weighted by Crippen LogP contribution is 2.24. The number of hydrogen-bond acceptors (Lipinski definition) is 2. The van der Waals surface area contributed by atoms with Crippen LogP contribution in [-0.4, -0.2) is 10.9 Å². The molecule has 0 fully saturated rings. The van der Waals surface area contributed by atoms with Crippen molar-refractivity contribution in [3.63, 3.8) is 0 Å². The van der Waals surface area contributed by atoms with Gasteiger partial charge in [-0.05, 0) is 54.7 Å². The van der Waals surface area contributed by atoms with E-state index in [1.165, 1.54) is 29.8 Å². The van der Waals surface area contributed by atoms with Crippen molar-refractivity contribution in [2.75, 3.05) is 5.32 Å². The quantitative estimate of drug-likeness (QED) is 0.462. The number of aromatic nitrogens is 1.